The lowest BCUT2D eigenvalue weighted by molar-refractivity contribution is 0.181. The minimum absolute atomic E-state index is 0.153. The summed E-state index contributed by atoms with van der Waals surface area (Å²) in [6.07, 6.45) is 11.2. The Morgan fingerprint density at radius 3 is 2.61 bits per heavy atom. The maximum absolute atomic E-state index is 15.4. The lowest BCUT2D eigenvalue weighted by Crippen LogP contribution is -2.34. The van der Waals surface area contributed by atoms with Crippen molar-refractivity contribution in [3.05, 3.63) is 72.2 Å². The van der Waals surface area contributed by atoms with Gasteiger partial charge in [0.05, 0.1) is 34.6 Å². The van der Waals surface area contributed by atoms with E-state index in [4.69, 9.17) is 21.6 Å². The lowest BCUT2D eigenvalue weighted by Gasteiger charge is -2.38. The molecule has 1 aliphatic carbocycles. The van der Waals surface area contributed by atoms with E-state index >= 15 is 4.39 Å². The highest BCUT2D eigenvalue weighted by Crippen LogP contribution is 2.42. The fourth-order valence-corrected chi connectivity index (χ4v) is 5.70. The zero-order chi connectivity index (χ0) is 26.3. The molecule has 1 saturated carbocycles. The highest BCUT2D eigenvalue weighted by Gasteiger charge is 2.34. The van der Waals surface area contributed by atoms with Crippen LogP contribution in [0.15, 0.2) is 61.3 Å². The maximum Gasteiger partial charge on any atom is 0.321 e. The summed E-state index contributed by atoms with van der Waals surface area (Å²) in [6, 6.07) is 12.5. The van der Waals surface area contributed by atoms with Gasteiger partial charge in [0.2, 0.25) is 0 Å². The summed E-state index contributed by atoms with van der Waals surface area (Å²) in [7, 11) is 0. The fourth-order valence-electron chi connectivity index (χ4n) is 5.42. The third-order valence-corrected chi connectivity index (χ3v) is 7.90. The third kappa shape index (κ3) is 4.33. The van der Waals surface area contributed by atoms with Crippen molar-refractivity contribution in [3.8, 4) is 29.0 Å². The van der Waals surface area contributed by atoms with Gasteiger partial charge < -0.3 is 9.30 Å². The van der Waals surface area contributed by atoms with Gasteiger partial charge in [0.15, 0.2) is 0 Å². The van der Waals surface area contributed by atoms with E-state index in [0.717, 1.165) is 42.1 Å². The van der Waals surface area contributed by atoms with Gasteiger partial charge in [0.25, 0.3) is 0 Å². The van der Waals surface area contributed by atoms with Gasteiger partial charge in [-0.15, -0.1) is 0 Å². The molecule has 0 saturated heterocycles. The summed E-state index contributed by atoms with van der Waals surface area (Å²) >= 11 is 6.62. The quantitative estimate of drug-likeness (QED) is 0.236. The normalized spacial score (nSPS) is 19.5. The average Bonchev–Trinajstić information content (AvgIpc) is 3.37. The zero-order valence-electron chi connectivity index (χ0n) is 20.7. The lowest BCUT2D eigenvalue weighted by atomic mass is 9.76. The van der Waals surface area contributed by atoms with E-state index in [1.54, 1.807) is 42.9 Å². The Morgan fingerprint density at radius 1 is 1.08 bits per heavy atom. The van der Waals surface area contributed by atoms with E-state index in [0.29, 0.717) is 39.8 Å². The van der Waals surface area contributed by atoms with E-state index in [1.165, 1.54) is 6.07 Å². The van der Waals surface area contributed by atoms with Crippen LogP contribution in [-0.4, -0.2) is 24.5 Å². The summed E-state index contributed by atoms with van der Waals surface area (Å²) in [5.41, 5.74) is 3.00. The molecule has 0 bridgehead atoms. The molecule has 38 heavy (non-hydrogen) atoms. The van der Waals surface area contributed by atoms with Crippen molar-refractivity contribution in [1.29, 1.82) is 5.26 Å². The molecule has 0 spiro atoms. The molecule has 1 fully saturated rings. The molecule has 9 heteroatoms. The van der Waals surface area contributed by atoms with Crippen molar-refractivity contribution in [2.24, 2.45) is 5.92 Å². The minimum Gasteiger partial charge on any atom is -0.424 e. The van der Waals surface area contributed by atoms with Gasteiger partial charge in [-0.05, 0) is 62.8 Å². The van der Waals surface area contributed by atoms with E-state index < -0.39 is 5.82 Å². The number of nitrogens with zero attached hydrogens (tertiary/aromatic N) is 6. The molecule has 2 aromatic carbocycles. The van der Waals surface area contributed by atoms with E-state index in [1.807, 2.05) is 12.4 Å². The first-order valence-corrected chi connectivity index (χ1v) is 12.9. The third-order valence-electron chi connectivity index (χ3n) is 7.59. The standard InChI is InChI=1S/C29H24ClFN6O/c1-29(8-5-18(6-9-29)7-10-32)37-17-36-26-16-35-25-15-24(31)21(14-22(25)27(26)37)20-4-3-19(13-23(20)30)38-28-33-11-2-12-34-28/h2-4,11-18H,5-9H2,1H3. The summed E-state index contributed by atoms with van der Waals surface area (Å²) in [5.74, 6) is 0.471. The Morgan fingerprint density at radius 2 is 1.87 bits per heavy atom. The van der Waals surface area contributed by atoms with Crippen LogP contribution in [0.1, 0.15) is 39.0 Å². The van der Waals surface area contributed by atoms with Gasteiger partial charge in [-0.1, -0.05) is 11.6 Å². The number of ether oxygens (including phenoxy) is 1. The highest BCUT2D eigenvalue weighted by molar-refractivity contribution is 6.33. The van der Waals surface area contributed by atoms with Gasteiger partial charge in [-0.25, -0.2) is 19.3 Å². The van der Waals surface area contributed by atoms with Crippen LogP contribution in [0.2, 0.25) is 5.02 Å². The molecule has 0 N–H and O–H groups in total. The molecule has 0 radical (unpaired) electrons. The number of rotatable bonds is 5. The number of pyridine rings is 1. The molecule has 190 valence electrons. The van der Waals surface area contributed by atoms with Crippen LogP contribution in [-0.2, 0) is 5.54 Å². The van der Waals surface area contributed by atoms with Gasteiger partial charge in [-0.2, -0.15) is 5.26 Å². The van der Waals surface area contributed by atoms with Crippen LogP contribution in [0.3, 0.4) is 0 Å². The number of halogens is 2. The fraction of sp³-hybridized carbons (Fsp3) is 0.276. The Balaban J connectivity index is 1.42. The van der Waals surface area contributed by atoms with Gasteiger partial charge >= 0.3 is 6.01 Å². The molecule has 3 heterocycles. The number of nitriles is 1. The van der Waals surface area contributed by atoms with Crippen LogP contribution in [0, 0.1) is 23.1 Å². The molecule has 3 aromatic heterocycles. The molecule has 0 amide bonds. The molecule has 0 atom stereocenters. The number of hydrogen-bond acceptors (Lipinski definition) is 6. The number of hydrogen-bond donors (Lipinski definition) is 0. The molecule has 7 nitrogen and oxygen atoms in total. The summed E-state index contributed by atoms with van der Waals surface area (Å²) in [5, 5.41) is 10.3. The number of imidazole rings is 1. The van der Waals surface area contributed by atoms with Crippen molar-refractivity contribution in [2.75, 3.05) is 0 Å². The molecular formula is C29H24ClFN6O. The first kappa shape index (κ1) is 24.3. The zero-order valence-corrected chi connectivity index (χ0v) is 21.5. The van der Waals surface area contributed by atoms with Crippen LogP contribution in [0.25, 0.3) is 33.1 Å². The Hall–Kier alpha value is -4.09. The van der Waals surface area contributed by atoms with Gasteiger partial charge in [-0.3, -0.25) is 4.98 Å². The number of fused-ring (bicyclic) bond motifs is 3. The smallest absolute Gasteiger partial charge is 0.321 e. The van der Waals surface area contributed by atoms with Gasteiger partial charge in [0.1, 0.15) is 17.1 Å². The second-order valence-corrected chi connectivity index (χ2v) is 10.4. The molecule has 5 aromatic rings. The van der Waals surface area contributed by atoms with Crippen LogP contribution >= 0.6 is 11.6 Å². The summed E-state index contributed by atoms with van der Waals surface area (Å²) < 4.78 is 23.3. The van der Waals surface area contributed by atoms with E-state index in [-0.39, 0.29) is 11.5 Å². The van der Waals surface area contributed by atoms with Crippen molar-refractivity contribution in [3.63, 3.8) is 0 Å². The summed E-state index contributed by atoms with van der Waals surface area (Å²) in [6.45, 7) is 2.24. The number of aromatic nitrogens is 5. The predicted molar refractivity (Wildman–Crippen MR) is 143 cm³/mol. The topological polar surface area (TPSA) is 89.5 Å². The maximum atomic E-state index is 15.4. The van der Waals surface area contributed by atoms with Gasteiger partial charge in [0, 0.05) is 53.0 Å². The van der Waals surface area contributed by atoms with Crippen molar-refractivity contribution >= 4 is 33.5 Å². The van der Waals surface area contributed by atoms with Crippen LogP contribution < -0.4 is 4.74 Å². The second kappa shape index (κ2) is 9.66. The predicted octanol–water partition coefficient (Wildman–Crippen LogP) is 7.45. The Labute approximate surface area is 223 Å². The van der Waals surface area contributed by atoms with Crippen molar-refractivity contribution in [1.82, 2.24) is 24.5 Å². The molecule has 6 rings (SSSR count). The number of benzene rings is 2. The monoisotopic (exact) mass is 526 g/mol. The Kier molecular flexibility index (Phi) is 6.16. The van der Waals surface area contributed by atoms with E-state index in [2.05, 4.69) is 37.5 Å². The minimum atomic E-state index is -0.416. The average molecular weight is 527 g/mol. The molecule has 0 aliphatic heterocycles. The van der Waals surface area contributed by atoms with Crippen molar-refractivity contribution in [2.45, 2.75) is 44.6 Å². The van der Waals surface area contributed by atoms with Crippen LogP contribution in [0.4, 0.5) is 4.39 Å². The van der Waals surface area contributed by atoms with E-state index in [9.17, 15) is 0 Å². The summed E-state index contributed by atoms with van der Waals surface area (Å²) in [4.78, 5) is 17.2. The first-order valence-electron chi connectivity index (χ1n) is 12.5. The molecule has 0 unspecified atom stereocenters. The highest BCUT2D eigenvalue weighted by atomic mass is 35.5. The molecule has 1 aliphatic rings. The SMILES string of the molecule is CC1(n2cnc3cnc4cc(F)c(-c5ccc(Oc6ncccn6)cc5Cl)cc4c32)CCC(CC#N)CC1. The largest absolute Gasteiger partial charge is 0.424 e. The van der Waals surface area contributed by atoms with Crippen LogP contribution in [0.5, 0.6) is 11.8 Å². The van der Waals surface area contributed by atoms with Crippen molar-refractivity contribution < 1.29 is 9.13 Å². The molecular weight excluding hydrogens is 503 g/mol. The second-order valence-electron chi connectivity index (χ2n) is 10.0. The first-order chi connectivity index (χ1) is 18.4. The Bertz CT molecular complexity index is 1690.